The van der Waals surface area contributed by atoms with Crippen molar-refractivity contribution in [3.05, 3.63) is 65.0 Å². The Hall–Kier alpha value is -1.81. The Kier molecular flexibility index (Phi) is 4.79. The fourth-order valence-corrected chi connectivity index (χ4v) is 2.62. The topological polar surface area (TPSA) is 38.4 Å². The van der Waals surface area contributed by atoms with Crippen LogP contribution in [0.1, 0.15) is 16.7 Å². The number of hydrogen-bond donors (Lipinski definition) is 1. The van der Waals surface area contributed by atoms with Gasteiger partial charge < -0.3 is 5.73 Å². The molecule has 0 unspecified atom stereocenters. The maximum atomic E-state index is 13.1. The van der Waals surface area contributed by atoms with Crippen LogP contribution in [-0.4, -0.2) is 5.17 Å². The molecule has 104 valence electrons. The minimum atomic E-state index is -0.229. The Labute approximate surface area is 122 Å². The Balaban J connectivity index is 2.04. The van der Waals surface area contributed by atoms with Crippen molar-refractivity contribution < 1.29 is 4.39 Å². The second-order valence-corrected chi connectivity index (χ2v) is 5.71. The van der Waals surface area contributed by atoms with Gasteiger partial charge in [-0.15, -0.1) is 0 Å². The zero-order chi connectivity index (χ0) is 14.5. The van der Waals surface area contributed by atoms with Gasteiger partial charge in [0.1, 0.15) is 5.82 Å². The van der Waals surface area contributed by atoms with Gasteiger partial charge >= 0.3 is 0 Å². The van der Waals surface area contributed by atoms with Crippen molar-refractivity contribution in [1.29, 1.82) is 0 Å². The van der Waals surface area contributed by atoms with Crippen molar-refractivity contribution in [3.8, 4) is 0 Å². The van der Waals surface area contributed by atoms with Crippen LogP contribution in [0.2, 0.25) is 0 Å². The molecule has 0 spiro atoms. The SMILES string of the molecule is Cc1cc(C)cc(N=C(N)SCc2cccc(F)c2)c1. The Morgan fingerprint density at radius 3 is 2.50 bits per heavy atom. The van der Waals surface area contributed by atoms with Gasteiger partial charge in [0.05, 0.1) is 5.69 Å². The molecule has 0 saturated heterocycles. The van der Waals surface area contributed by atoms with Crippen LogP contribution in [0.4, 0.5) is 10.1 Å². The average Bonchev–Trinajstić information content (AvgIpc) is 2.35. The smallest absolute Gasteiger partial charge is 0.159 e. The highest BCUT2D eigenvalue weighted by atomic mass is 32.2. The first-order valence-corrected chi connectivity index (χ1v) is 7.31. The number of aliphatic imine (C=N–C) groups is 1. The lowest BCUT2D eigenvalue weighted by Gasteiger charge is -2.03. The van der Waals surface area contributed by atoms with E-state index in [0.717, 1.165) is 22.4 Å². The number of halogens is 1. The molecule has 2 N–H and O–H groups in total. The van der Waals surface area contributed by atoms with Crippen molar-refractivity contribution in [3.63, 3.8) is 0 Å². The molecule has 0 heterocycles. The van der Waals surface area contributed by atoms with E-state index in [1.54, 1.807) is 6.07 Å². The van der Waals surface area contributed by atoms with Crippen LogP contribution in [0.25, 0.3) is 0 Å². The summed E-state index contributed by atoms with van der Waals surface area (Å²) in [5, 5.41) is 0.485. The lowest BCUT2D eigenvalue weighted by Crippen LogP contribution is -2.06. The summed E-state index contributed by atoms with van der Waals surface area (Å²) >= 11 is 1.41. The fraction of sp³-hybridized carbons (Fsp3) is 0.188. The largest absolute Gasteiger partial charge is 0.378 e. The van der Waals surface area contributed by atoms with E-state index in [2.05, 4.69) is 11.1 Å². The number of nitrogens with zero attached hydrogens (tertiary/aromatic N) is 1. The molecule has 0 bridgehead atoms. The molecule has 0 amide bonds. The third kappa shape index (κ3) is 4.38. The van der Waals surface area contributed by atoms with Gasteiger partial charge in [-0.2, -0.15) is 0 Å². The second-order valence-electron chi connectivity index (χ2n) is 4.71. The molecule has 0 saturated carbocycles. The first-order valence-electron chi connectivity index (χ1n) is 6.32. The van der Waals surface area contributed by atoms with E-state index in [1.165, 1.54) is 23.9 Å². The molecule has 0 aliphatic rings. The fourth-order valence-electron chi connectivity index (χ4n) is 1.96. The highest BCUT2D eigenvalue weighted by Gasteiger charge is 2.00. The molecule has 0 aliphatic carbocycles. The predicted molar refractivity (Wildman–Crippen MR) is 84.9 cm³/mol. The second kappa shape index (κ2) is 6.57. The number of nitrogens with two attached hydrogens (primary N) is 1. The van der Waals surface area contributed by atoms with E-state index in [0.29, 0.717) is 10.9 Å². The third-order valence-corrected chi connectivity index (χ3v) is 3.59. The monoisotopic (exact) mass is 288 g/mol. The van der Waals surface area contributed by atoms with Crippen molar-refractivity contribution in [2.24, 2.45) is 10.7 Å². The van der Waals surface area contributed by atoms with Crippen LogP contribution >= 0.6 is 11.8 Å². The first-order chi connectivity index (χ1) is 9.52. The number of benzene rings is 2. The number of aryl methyl sites for hydroxylation is 2. The van der Waals surface area contributed by atoms with Gasteiger partial charge in [-0.3, -0.25) is 0 Å². The Bertz CT molecular complexity index is 618. The molecule has 0 aromatic heterocycles. The Morgan fingerprint density at radius 1 is 1.15 bits per heavy atom. The van der Waals surface area contributed by atoms with E-state index in [4.69, 9.17) is 5.73 Å². The van der Waals surface area contributed by atoms with Crippen LogP contribution in [0.3, 0.4) is 0 Å². The lowest BCUT2D eigenvalue weighted by molar-refractivity contribution is 0.626. The Morgan fingerprint density at radius 2 is 1.85 bits per heavy atom. The molecule has 0 atom stereocenters. The molecule has 2 aromatic rings. The van der Waals surface area contributed by atoms with Crippen molar-refractivity contribution in [1.82, 2.24) is 0 Å². The van der Waals surface area contributed by atoms with Crippen molar-refractivity contribution >= 4 is 22.6 Å². The van der Waals surface area contributed by atoms with Crippen LogP contribution in [0.5, 0.6) is 0 Å². The quantitative estimate of drug-likeness (QED) is 0.674. The number of thioether (sulfide) groups is 1. The minimum Gasteiger partial charge on any atom is -0.378 e. The maximum Gasteiger partial charge on any atom is 0.159 e. The molecule has 0 radical (unpaired) electrons. The molecule has 2 nitrogen and oxygen atoms in total. The summed E-state index contributed by atoms with van der Waals surface area (Å²) in [6, 6.07) is 12.6. The lowest BCUT2D eigenvalue weighted by atomic mass is 10.1. The summed E-state index contributed by atoms with van der Waals surface area (Å²) in [5.74, 6) is 0.380. The summed E-state index contributed by atoms with van der Waals surface area (Å²) in [4.78, 5) is 4.38. The molecule has 0 fully saturated rings. The summed E-state index contributed by atoms with van der Waals surface area (Å²) in [5.41, 5.74) is 9.98. The summed E-state index contributed by atoms with van der Waals surface area (Å²) in [6.07, 6.45) is 0. The van der Waals surface area contributed by atoms with Crippen molar-refractivity contribution in [2.45, 2.75) is 19.6 Å². The van der Waals surface area contributed by atoms with Gasteiger partial charge in [0, 0.05) is 5.75 Å². The average molecular weight is 288 g/mol. The van der Waals surface area contributed by atoms with Crippen LogP contribution in [-0.2, 0) is 5.75 Å². The van der Waals surface area contributed by atoms with Crippen LogP contribution < -0.4 is 5.73 Å². The van der Waals surface area contributed by atoms with Crippen molar-refractivity contribution in [2.75, 3.05) is 0 Å². The molecule has 4 heteroatoms. The van der Waals surface area contributed by atoms with Gasteiger partial charge in [-0.25, -0.2) is 9.38 Å². The summed E-state index contributed by atoms with van der Waals surface area (Å²) < 4.78 is 13.1. The van der Waals surface area contributed by atoms with E-state index in [1.807, 2.05) is 32.0 Å². The van der Waals surface area contributed by atoms with E-state index >= 15 is 0 Å². The van der Waals surface area contributed by atoms with Gasteiger partial charge in [0.25, 0.3) is 0 Å². The normalized spacial score (nSPS) is 11.7. The maximum absolute atomic E-state index is 13.1. The zero-order valence-electron chi connectivity index (χ0n) is 11.6. The highest BCUT2D eigenvalue weighted by Crippen LogP contribution is 2.20. The predicted octanol–water partition coefficient (Wildman–Crippen LogP) is 4.32. The van der Waals surface area contributed by atoms with Crippen LogP contribution in [0, 0.1) is 19.7 Å². The summed E-state index contributed by atoms with van der Waals surface area (Å²) in [7, 11) is 0. The van der Waals surface area contributed by atoms with Gasteiger partial charge in [-0.1, -0.05) is 30.0 Å². The molecule has 20 heavy (non-hydrogen) atoms. The zero-order valence-corrected chi connectivity index (χ0v) is 12.4. The summed E-state index contributed by atoms with van der Waals surface area (Å²) in [6.45, 7) is 4.06. The van der Waals surface area contributed by atoms with Gasteiger partial charge in [0.15, 0.2) is 5.17 Å². The van der Waals surface area contributed by atoms with E-state index in [9.17, 15) is 4.39 Å². The molecule has 2 rings (SSSR count). The highest BCUT2D eigenvalue weighted by molar-refractivity contribution is 8.13. The molecule has 0 aliphatic heterocycles. The number of hydrogen-bond acceptors (Lipinski definition) is 2. The third-order valence-electron chi connectivity index (χ3n) is 2.72. The van der Waals surface area contributed by atoms with Gasteiger partial charge in [0.2, 0.25) is 0 Å². The molecular formula is C16H17FN2S. The number of amidine groups is 1. The van der Waals surface area contributed by atoms with E-state index < -0.39 is 0 Å². The van der Waals surface area contributed by atoms with E-state index in [-0.39, 0.29) is 5.82 Å². The van der Waals surface area contributed by atoms with Gasteiger partial charge in [-0.05, 0) is 54.8 Å². The first kappa shape index (κ1) is 14.6. The van der Waals surface area contributed by atoms with Crippen LogP contribution in [0.15, 0.2) is 47.5 Å². The molecule has 2 aromatic carbocycles. The molecular weight excluding hydrogens is 271 g/mol. The minimum absolute atomic E-state index is 0.229. The number of rotatable bonds is 3. The standard InChI is InChI=1S/C16H17FN2S/c1-11-6-12(2)8-15(7-11)19-16(18)20-10-13-4-3-5-14(17)9-13/h3-9H,10H2,1-2H3,(H2,18,19).